The van der Waals surface area contributed by atoms with Crippen molar-refractivity contribution in [3.05, 3.63) is 53.3 Å². The number of nitrogens with two attached hydrogens (primary N) is 1. The number of nitrogens with zero attached hydrogens (tertiary/aromatic N) is 2. The molecule has 1 saturated heterocycles. The molecule has 0 aliphatic carbocycles. The van der Waals surface area contributed by atoms with E-state index in [0.717, 1.165) is 28.9 Å². The highest BCUT2D eigenvalue weighted by Gasteiger charge is 2.25. The number of carbonyl (C=O) groups is 2. The van der Waals surface area contributed by atoms with Crippen LogP contribution in [0.5, 0.6) is 5.75 Å². The summed E-state index contributed by atoms with van der Waals surface area (Å²) in [7, 11) is 0. The van der Waals surface area contributed by atoms with Crippen molar-refractivity contribution in [1.82, 2.24) is 9.88 Å². The normalized spacial score (nSPS) is 14.8. The smallest absolute Gasteiger partial charge is 0.267 e. The number of aryl methyl sites for hydroxylation is 1. The van der Waals surface area contributed by atoms with Crippen LogP contribution in [-0.4, -0.2) is 47.1 Å². The van der Waals surface area contributed by atoms with Crippen molar-refractivity contribution in [2.75, 3.05) is 19.3 Å². The number of hydrogen-bond acceptors (Lipinski definition) is 5. The lowest BCUT2D eigenvalue weighted by Crippen LogP contribution is -2.42. The van der Waals surface area contributed by atoms with Crippen molar-refractivity contribution in [1.29, 1.82) is 0 Å². The minimum absolute atomic E-state index is 0.00388. The maximum atomic E-state index is 12.9. The van der Waals surface area contributed by atoms with Gasteiger partial charge in [-0.25, -0.2) is 0 Å². The fourth-order valence-electron chi connectivity index (χ4n) is 3.12. The van der Waals surface area contributed by atoms with E-state index >= 15 is 0 Å². The molecule has 6 nitrogen and oxygen atoms in total. The van der Waals surface area contributed by atoms with Gasteiger partial charge in [-0.05, 0) is 36.9 Å². The van der Waals surface area contributed by atoms with Gasteiger partial charge in [-0.3, -0.25) is 14.6 Å². The summed E-state index contributed by atoms with van der Waals surface area (Å²) in [5, 5.41) is 0. The van der Waals surface area contributed by atoms with Crippen molar-refractivity contribution in [3.8, 4) is 5.75 Å². The average Bonchev–Trinajstić information content (AvgIpc) is 2.68. The number of benzene rings is 1. The quantitative estimate of drug-likeness (QED) is 0.800. The summed E-state index contributed by atoms with van der Waals surface area (Å²) in [5.41, 5.74) is 7.20. The van der Waals surface area contributed by atoms with Gasteiger partial charge in [-0.2, -0.15) is 0 Å². The van der Waals surface area contributed by atoms with Crippen LogP contribution in [0.1, 0.15) is 39.3 Å². The van der Waals surface area contributed by atoms with Gasteiger partial charge in [0.15, 0.2) is 0 Å². The minimum atomic E-state index is -0.580. The molecule has 2 N–H and O–H groups in total. The minimum Gasteiger partial charge on any atom is -0.490 e. The standard InChI is InChI=1S/C20H23N3O3S/c1-13-3-4-16(27-2)12-17(13)20(25)23-9-6-14(7-10-23)26-15-5-8-22-18(11-15)19(21)24/h3-5,8,11-12,14H,6-7,9-10H2,1-2H3,(H2,21,24). The zero-order chi connectivity index (χ0) is 19.4. The van der Waals surface area contributed by atoms with E-state index in [9.17, 15) is 9.59 Å². The van der Waals surface area contributed by atoms with Gasteiger partial charge in [0, 0.05) is 48.7 Å². The summed E-state index contributed by atoms with van der Waals surface area (Å²) in [6, 6.07) is 9.26. The Morgan fingerprint density at radius 1 is 1.22 bits per heavy atom. The third-order valence-electron chi connectivity index (χ3n) is 4.69. The summed E-state index contributed by atoms with van der Waals surface area (Å²) in [5.74, 6) is 0.0672. The molecule has 1 fully saturated rings. The number of likely N-dealkylation sites (tertiary alicyclic amines) is 1. The largest absolute Gasteiger partial charge is 0.490 e. The van der Waals surface area contributed by atoms with Crippen LogP contribution in [0.4, 0.5) is 0 Å². The lowest BCUT2D eigenvalue weighted by Gasteiger charge is -2.32. The fraction of sp³-hybridized carbons (Fsp3) is 0.350. The topological polar surface area (TPSA) is 85.5 Å². The predicted molar refractivity (Wildman–Crippen MR) is 105 cm³/mol. The van der Waals surface area contributed by atoms with Gasteiger partial charge in [0.05, 0.1) is 0 Å². The Balaban J connectivity index is 1.61. The summed E-state index contributed by atoms with van der Waals surface area (Å²) >= 11 is 1.63. The van der Waals surface area contributed by atoms with Crippen LogP contribution < -0.4 is 10.5 Å². The van der Waals surface area contributed by atoms with Crippen molar-refractivity contribution in [2.45, 2.75) is 30.8 Å². The third-order valence-corrected chi connectivity index (χ3v) is 5.42. The van der Waals surface area contributed by atoms with Crippen molar-refractivity contribution in [3.63, 3.8) is 0 Å². The number of amides is 2. The van der Waals surface area contributed by atoms with Gasteiger partial charge < -0.3 is 15.4 Å². The molecule has 1 aliphatic heterocycles. The van der Waals surface area contributed by atoms with E-state index in [-0.39, 0.29) is 17.7 Å². The second kappa shape index (κ2) is 8.43. The highest BCUT2D eigenvalue weighted by atomic mass is 32.2. The van der Waals surface area contributed by atoms with Crippen molar-refractivity contribution >= 4 is 23.6 Å². The molecule has 27 heavy (non-hydrogen) atoms. The Hall–Kier alpha value is -2.54. The number of thioether (sulfide) groups is 1. The van der Waals surface area contributed by atoms with Crippen molar-refractivity contribution < 1.29 is 14.3 Å². The zero-order valence-electron chi connectivity index (χ0n) is 15.5. The molecule has 2 aromatic rings. The molecule has 1 aromatic heterocycles. The molecular weight excluding hydrogens is 362 g/mol. The van der Waals surface area contributed by atoms with Crippen LogP contribution in [0.3, 0.4) is 0 Å². The van der Waals surface area contributed by atoms with Crippen LogP contribution >= 0.6 is 11.8 Å². The molecule has 0 spiro atoms. The highest BCUT2D eigenvalue weighted by Crippen LogP contribution is 2.23. The van der Waals surface area contributed by atoms with Crippen LogP contribution in [0.25, 0.3) is 0 Å². The lowest BCUT2D eigenvalue weighted by atomic mass is 10.0. The van der Waals surface area contributed by atoms with Gasteiger partial charge in [0.2, 0.25) is 0 Å². The first-order chi connectivity index (χ1) is 13.0. The van der Waals surface area contributed by atoms with Gasteiger partial charge in [0.25, 0.3) is 11.8 Å². The Kier molecular flexibility index (Phi) is 6.01. The molecule has 0 saturated carbocycles. The number of piperidine rings is 1. The Morgan fingerprint density at radius 2 is 1.96 bits per heavy atom. The highest BCUT2D eigenvalue weighted by molar-refractivity contribution is 7.98. The van der Waals surface area contributed by atoms with E-state index in [1.807, 2.05) is 36.3 Å². The molecule has 0 atom stereocenters. The predicted octanol–water partition coefficient (Wildman–Crippen LogP) is 2.89. The number of pyridine rings is 1. The molecule has 142 valence electrons. The monoisotopic (exact) mass is 385 g/mol. The number of aromatic nitrogens is 1. The van der Waals surface area contributed by atoms with E-state index in [4.69, 9.17) is 10.5 Å². The molecule has 2 heterocycles. The van der Waals surface area contributed by atoms with E-state index in [2.05, 4.69) is 4.98 Å². The van der Waals surface area contributed by atoms with Gasteiger partial charge in [0.1, 0.15) is 17.5 Å². The maximum absolute atomic E-state index is 12.9. The van der Waals surface area contributed by atoms with Crippen molar-refractivity contribution in [2.24, 2.45) is 5.73 Å². The summed E-state index contributed by atoms with van der Waals surface area (Å²) < 4.78 is 5.95. The third kappa shape index (κ3) is 4.60. The molecule has 1 aliphatic rings. The molecule has 2 amide bonds. The molecule has 0 radical (unpaired) electrons. The lowest BCUT2D eigenvalue weighted by molar-refractivity contribution is 0.0593. The van der Waals surface area contributed by atoms with E-state index in [0.29, 0.717) is 18.8 Å². The number of ether oxygens (including phenoxy) is 1. The molecule has 7 heteroatoms. The number of carbonyl (C=O) groups excluding carboxylic acids is 2. The SMILES string of the molecule is CSc1ccc(C)c(C(=O)N2CCC(Oc3ccnc(C(N)=O)c3)CC2)c1. The molecular formula is C20H23N3O3S. The van der Waals surface area contributed by atoms with Crippen LogP contribution in [0.15, 0.2) is 41.4 Å². The summed E-state index contributed by atoms with van der Waals surface area (Å²) in [6.45, 7) is 3.24. The van der Waals surface area contributed by atoms with Crippen LogP contribution in [-0.2, 0) is 0 Å². The van der Waals surface area contributed by atoms with Gasteiger partial charge in [-0.15, -0.1) is 11.8 Å². The van der Waals surface area contributed by atoms with Gasteiger partial charge >= 0.3 is 0 Å². The molecule has 1 aromatic carbocycles. The Bertz CT molecular complexity index is 848. The Morgan fingerprint density at radius 3 is 2.63 bits per heavy atom. The number of hydrogen-bond donors (Lipinski definition) is 1. The summed E-state index contributed by atoms with van der Waals surface area (Å²) in [4.78, 5) is 31.0. The second-order valence-electron chi connectivity index (χ2n) is 6.53. The van der Waals surface area contributed by atoms with Crippen LogP contribution in [0, 0.1) is 6.92 Å². The Labute approximate surface area is 163 Å². The van der Waals surface area contributed by atoms with E-state index in [1.165, 1.54) is 6.20 Å². The number of primary amides is 1. The van der Waals surface area contributed by atoms with E-state index in [1.54, 1.807) is 23.9 Å². The van der Waals surface area contributed by atoms with Crippen LogP contribution in [0.2, 0.25) is 0 Å². The average molecular weight is 385 g/mol. The maximum Gasteiger partial charge on any atom is 0.267 e. The second-order valence-corrected chi connectivity index (χ2v) is 7.41. The summed E-state index contributed by atoms with van der Waals surface area (Å²) in [6.07, 6.45) is 4.98. The first-order valence-electron chi connectivity index (χ1n) is 8.84. The molecule has 0 bridgehead atoms. The first kappa shape index (κ1) is 19.2. The fourth-order valence-corrected chi connectivity index (χ4v) is 3.56. The first-order valence-corrected chi connectivity index (χ1v) is 10.1. The molecule has 3 rings (SSSR count). The van der Waals surface area contributed by atoms with Gasteiger partial charge in [-0.1, -0.05) is 6.07 Å². The van der Waals surface area contributed by atoms with E-state index < -0.39 is 5.91 Å². The number of rotatable bonds is 5. The zero-order valence-corrected chi connectivity index (χ0v) is 16.3. The molecule has 0 unspecified atom stereocenters.